The average Bonchev–Trinajstić information content (AvgIpc) is 2.75. The van der Waals surface area contributed by atoms with Crippen molar-refractivity contribution in [1.82, 2.24) is 15.0 Å². The number of hydrogen-bond donors (Lipinski definition) is 2. The van der Waals surface area contributed by atoms with Gasteiger partial charge in [0.05, 0.1) is 11.7 Å². The van der Waals surface area contributed by atoms with Gasteiger partial charge in [-0.15, -0.1) is 5.10 Å². The van der Waals surface area contributed by atoms with Gasteiger partial charge in [-0.3, -0.25) is 5.84 Å². The molecule has 1 aliphatic rings. The first-order valence-corrected chi connectivity index (χ1v) is 6.67. The summed E-state index contributed by atoms with van der Waals surface area (Å²) in [5, 5.41) is 6.06. The van der Waals surface area contributed by atoms with Crippen LogP contribution < -0.4 is 11.3 Å². The highest BCUT2D eigenvalue weighted by Gasteiger charge is 2.17. The minimum atomic E-state index is 0.0526. The number of nitrogens with zero attached hydrogens (tertiary/aromatic N) is 2. The molecular formula is C11H18N4S. The van der Waals surface area contributed by atoms with E-state index in [0.29, 0.717) is 0 Å². The van der Waals surface area contributed by atoms with E-state index in [1.807, 2.05) is 5.38 Å². The van der Waals surface area contributed by atoms with Crippen molar-refractivity contribution in [2.24, 2.45) is 5.84 Å². The van der Waals surface area contributed by atoms with E-state index < -0.39 is 0 Å². The molecular weight excluding hydrogens is 220 g/mol. The van der Waals surface area contributed by atoms with E-state index in [1.165, 1.54) is 42.8 Å². The summed E-state index contributed by atoms with van der Waals surface area (Å²) in [4.78, 5) is 0. The first kappa shape index (κ1) is 11.7. The molecule has 0 fully saturated rings. The highest BCUT2D eigenvalue weighted by molar-refractivity contribution is 7.03. The fourth-order valence-electron chi connectivity index (χ4n) is 2.16. The molecule has 0 bridgehead atoms. The monoisotopic (exact) mass is 238 g/mol. The number of allylic oxidation sites excluding steroid dienone is 1. The maximum Gasteiger partial charge on any atom is 0.0979 e. The number of rotatable bonds is 3. The lowest BCUT2D eigenvalue weighted by atomic mass is 9.94. The highest BCUT2D eigenvalue weighted by Crippen LogP contribution is 2.27. The Morgan fingerprint density at radius 1 is 1.31 bits per heavy atom. The van der Waals surface area contributed by atoms with Crippen LogP contribution in [0.3, 0.4) is 0 Å². The Morgan fingerprint density at radius 2 is 2.19 bits per heavy atom. The van der Waals surface area contributed by atoms with E-state index in [0.717, 1.165) is 18.5 Å². The minimum absolute atomic E-state index is 0.0526. The molecule has 1 aromatic rings. The predicted molar refractivity (Wildman–Crippen MR) is 65.8 cm³/mol. The highest BCUT2D eigenvalue weighted by atomic mass is 32.1. The Balaban J connectivity index is 2.12. The molecule has 3 N–H and O–H groups in total. The molecule has 0 aromatic carbocycles. The predicted octanol–water partition coefficient (Wildman–Crippen LogP) is 2.32. The van der Waals surface area contributed by atoms with Crippen LogP contribution in [0.1, 0.15) is 50.3 Å². The van der Waals surface area contributed by atoms with Crippen LogP contribution in [0, 0.1) is 0 Å². The summed E-state index contributed by atoms with van der Waals surface area (Å²) in [5.74, 6) is 5.63. The number of nitrogens with one attached hydrogen (secondary N) is 1. The van der Waals surface area contributed by atoms with Gasteiger partial charge in [-0.25, -0.2) is 5.43 Å². The third-order valence-electron chi connectivity index (χ3n) is 3.04. The Hall–Kier alpha value is -0.780. The summed E-state index contributed by atoms with van der Waals surface area (Å²) >= 11 is 1.37. The molecule has 1 heterocycles. The minimum Gasteiger partial charge on any atom is -0.271 e. The number of hydrogen-bond acceptors (Lipinski definition) is 5. The Morgan fingerprint density at radius 3 is 2.94 bits per heavy atom. The second kappa shape index (κ2) is 6.08. The number of aromatic nitrogens is 2. The SMILES string of the molecule is NNC(C1=CCCCCCC1)c1csnn1. The fraction of sp³-hybridized carbons (Fsp3) is 0.636. The topological polar surface area (TPSA) is 63.8 Å². The standard InChI is InChI=1S/C11H18N4S/c12-13-11(10-8-16-15-14-10)9-6-4-2-1-3-5-7-9/h6,8,11,13H,1-5,7,12H2. The average molecular weight is 238 g/mol. The van der Waals surface area contributed by atoms with E-state index in [9.17, 15) is 0 Å². The lowest BCUT2D eigenvalue weighted by Crippen LogP contribution is -2.30. The fourth-order valence-corrected chi connectivity index (χ4v) is 2.64. The Kier molecular flexibility index (Phi) is 4.44. The zero-order valence-corrected chi connectivity index (χ0v) is 10.2. The van der Waals surface area contributed by atoms with Crippen LogP contribution in [0.15, 0.2) is 17.0 Å². The molecule has 88 valence electrons. The van der Waals surface area contributed by atoms with Gasteiger partial charge in [-0.2, -0.15) is 0 Å². The first-order valence-electron chi connectivity index (χ1n) is 5.84. The normalized spacial score (nSPS) is 19.7. The molecule has 0 aliphatic heterocycles. The van der Waals surface area contributed by atoms with Crippen molar-refractivity contribution >= 4 is 11.5 Å². The molecule has 0 saturated carbocycles. The summed E-state index contributed by atoms with van der Waals surface area (Å²) < 4.78 is 3.90. The van der Waals surface area contributed by atoms with Gasteiger partial charge in [0.15, 0.2) is 0 Å². The van der Waals surface area contributed by atoms with Crippen LogP contribution in [0.4, 0.5) is 0 Å². The zero-order valence-electron chi connectivity index (χ0n) is 9.35. The molecule has 0 saturated heterocycles. The second-order valence-corrected chi connectivity index (χ2v) is 4.77. The van der Waals surface area contributed by atoms with Gasteiger partial charge < -0.3 is 0 Å². The first-order chi connectivity index (χ1) is 7.92. The number of nitrogens with two attached hydrogens (primary N) is 1. The van der Waals surface area contributed by atoms with Crippen LogP contribution in [-0.4, -0.2) is 9.59 Å². The van der Waals surface area contributed by atoms with E-state index in [2.05, 4.69) is 21.1 Å². The van der Waals surface area contributed by atoms with Gasteiger partial charge >= 0.3 is 0 Å². The summed E-state index contributed by atoms with van der Waals surface area (Å²) in [5.41, 5.74) is 5.17. The summed E-state index contributed by atoms with van der Waals surface area (Å²) in [6.45, 7) is 0. The molecule has 0 spiro atoms. The van der Waals surface area contributed by atoms with Crippen molar-refractivity contribution in [3.63, 3.8) is 0 Å². The largest absolute Gasteiger partial charge is 0.271 e. The van der Waals surface area contributed by atoms with Crippen molar-refractivity contribution in [2.45, 2.75) is 44.6 Å². The molecule has 1 atom stereocenters. The third kappa shape index (κ3) is 2.87. The second-order valence-electron chi connectivity index (χ2n) is 4.16. The van der Waals surface area contributed by atoms with Crippen LogP contribution in [0.2, 0.25) is 0 Å². The van der Waals surface area contributed by atoms with Gasteiger partial charge in [-0.05, 0) is 42.8 Å². The van der Waals surface area contributed by atoms with E-state index in [-0.39, 0.29) is 6.04 Å². The van der Waals surface area contributed by atoms with Crippen LogP contribution in [0.5, 0.6) is 0 Å². The summed E-state index contributed by atoms with van der Waals surface area (Å²) in [7, 11) is 0. The Bertz CT molecular complexity index is 334. The summed E-state index contributed by atoms with van der Waals surface area (Å²) in [6.07, 6.45) is 9.81. The van der Waals surface area contributed by atoms with Crippen molar-refractivity contribution in [3.05, 3.63) is 22.7 Å². The van der Waals surface area contributed by atoms with Crippen molar-refractivity contribution in [3.8, 4) is 0 Å². The van der Waals surface area contributed by atoms with Crippen LogP contribution in [0.25, 0.3) is 0 Å². The smallest absolute Gasteiger partial charge is 0.0979 e. The van der Waals surface area contributed by atoms with Crippen molar-refractivity contribution in [2.75, 3.05) is 0 Å². The van der Waals surface area contributed by atoms with Crippen LogP contribution >= 0.6 is 11.5 Å². The van der Waals surface area contributed by atoms with Gasteiger partial charge in [0.25, 0.3) is 0 Å². The molecule has 16 heavy (non-hydrogen) atoms. The van der Waals surface area contributed by atoms with Gasteiger partial charge in [0.2, 0.25) is 0 Å². The van der Waals surface area contributed by atoms with E-state index in [4.69, 9.17) is 5.84 Å². The van der Waals surface area contributed by atoms with Crippen molar-refractivity contribution in [1.29, 1.82) is 0 Å². The van der Waals surface area contributed by atoms with E-state index in [1.54, 1.807) is 0 Å². The lowest BCUT2D eigenvalue weighted by molar-refractivity contribution is 0.546. The maximum absolute atomic E-state index is 5.63. The molecule has 4 nitrogen and oxygen atoms in total. The molecule has 1 unspecified atom stereocenters. The molecule has 0 amide bonds. The van der Waals surface area contributed by atoms with Gasteiger partial charge in [-0.1, -0.05) is 23.4 Å². The third-order valence-corrected chi connectivity index (χ3v) is 3.56. The molecule has 1 aromatic heterocycles. The quantitative estimate of drug-likeness (QED) is 0.482. The summed E-state index contributed by atoms with van der Waals surface area (Å²) in [6, 6.07) is 0.0526. The maximum atomic E-state index is 5.63. The van der Waals surface area contributed by atoms with E-state index >= 15 is 0 Å². The molecule has 5 heteroatoms. The number of hydrazine groups is 1. The molecule has 2 rings (SSSR count). The van der Waals surface area contributed by atoms with Crippen LogP contribution in [-0.2, 0) is 0 Å². The van der Waals surface area contributed by atoms with Crippen molar-refractivity contribution < 1.29 is 0 Å². The molecule has 0 radical (unpaired) electrons. The van der Waals surface area contributed by atoms with Gasteiger partial charge in [0, 0.05) is 5.38 Å². The zero-order chi connectivity index (χ0) is 11.2. The lowest BCUT2D eigenvalue weighted by Gasteiger charge is -2.19. The Labute approximate surface area is 100 Å². The molecule has 1 aliphatic carbocycles. The van der Waals surface area contributed by atoms with Gasteiger partial charge in [0.1, 0.15) is 0 Å².